The van der Waals surface area contributed by atoms with Gasteiger partial charge in [0, 0.05) is 18.0 Å². The Morgan fingerprint density at radius 2 is 2.12 bits per heavy atom. The van der Waals surface area contributed by atoms with Gasteiger partial charge in [0.25, 0.3) is 0 Å². The van der Waals surface area contributed by atoms with Gasteiger partial charge in [-0.3, -0.25) is 0 Å². The van der Waals surface area contributed by atoms with Crippen molar-refractivity contribution in [1.82, 2.24) is 5.32 Å². The minimum Gasteiger partial charge on any atom is -0.378 e. The standard InChI is InChI=1S/C13H23NO2S/c1-12(2)16-10-9-15-8-7-14-6-5-13-4-3-11-17-13/h3-4,11-12,14H,5-10H2,1-2H3. The SMILES string of the molecule is CC(C)OCCOCCNCCc1cccs1. The van der Waals surface area contributed by atoms with Crippen molar-refractivity contribution < 1.29 is 9.47 Å². The number of ether oxygens (including phenoxy) is 2. The molecule has 0 saturated heterocycles. The number of nitrogens with one attached hydrogen (secondary N) is 1. The zero-order valence-electron chi connectivity index (χ0n) is 10.8. The number of rotatable bonds is 10. The third-order valence-corrected chi connectivity index (χ3v) is 3.17. The van der Waals surface area contributed by atoms with Gasteiger partial charge in [-0.2, -0.15) is 0 Å². The van der Waals surface area contributed by atoms with E-state index < -0.39 is 0 Å². The van der Waals surface area contributed by atoms with E-state index in [2.05, 4.69) is 22.8 Å². The van der Waals surface area contributed by atoms with Crippen LogP contribution in [0.1, 0.15) is 18.7 Å². The molecule has 1 rings (SSSR count). The Labute approximate surface area is 108 Å². The molecule has 98 valence electrons. The summed E-state index contributed by atoms with van der Waals surface area (Å²) in [6.45, 7) is 8.13. The van der Waals surface area contributed by atoms with Crippen molar-refractivity contribution >= 4 is 11.3 Å². The van der Waals surface area contributed by atoms with Crippen LogP contribution in [0.3, 0.4) is 0 Å². The van der Waals surface area contributed by atoms with Crippen LogP contribution >= 0.6 is 11.3 Å². The van der Waals surface area contributed by atoms with Gasteiger partial charge in [-0.1, -0.05) is 6.07 Å². The monoisotopic (exact) mass is 257 g/mol. The molecule has 0 aliphatic carbocycles. The molecule has 0 atom stereocenters. The molecular formula is C13H23NO2S. The maximum absolute atomic E-state index is 5.44. The molecule has 0 spiro atoms. The Morgan fingerprint density at radius 3 is 2.82 bits per heavy atom. The van der Waals surface area contributed by atoms with Crippen LogP contribution in [0.5, 0.6) is 0 Å². The summed E-state index contributed by atoms with van der Waals surface area (Å²) < 4.78 is 10.8. The van der Waals surface area contributed by atoms with E-state index in [1.54, 1.807) is 0 Å². The zero-order chi connectivity index (χ0) is 12.3. The Bertz CT molecular complexity index is 262. The molecule has 0 amide bonds. The van der Waals surface area contributed by atoms with E-state index in [0.29, 0.717) is 19.3 Å². The van der Waals surface area contributed by atoms with Crippen LogP contribution in [0.2, 0.25) is 0 Å². The summed E-state index contributed by atoms with van der Waals surface area (Å²) in [5, 5.41) is 5.48. The Balaban J connectivity index is 1.79. The fraction of sp³-hybridized carbons (Fsp3) is 0.692. The van der Waals surface area contributed by atoms with Gasteiger partial charge in [0.2, 0.25) is 0 Å². The minimum atomic E-state index is 0.294. The van der Waals surface area contributed by atoms with Gasteiger partial charge < -0.3 is 14.8 Å². The van der Waals surface area contributed by atoms with Crippen molar-refractivity contribution in [2.24, 2.45) is 0 Å². The first-order valence-electron chi connectivity index (χ1n) is 6.21. The Morgan fingerprint density at radius 1 is 1.24 bits per heavy atom. The second-order valence-electron chi connectivity index (χ2n) is 4.11. The largest absolute Gasteiger partial charge is 0.378 e. The van der Waals surface area contributed by atoms with Gasteiger partial charge in [0.1, 0.15) is 0 Å². The molecule has 0 aliphatic rings. The molecule has 1 N–H and O–H groups in total. The highest BCUT2D eigenvalue weighted by Gasteiger charge is 1.94. The highest BCUT2D eigenvalue weighted by atomic mass is 32.1. The molecule has 4 heteroatoms. The molecule has 1 aromatic heterocycles. The molecule has 0 unspecified atom stereocenters. The van der Waals surface area contributed by atoms with Crippen LogP contribution in [0.25, 0.3) is 0 Å². The first-order valence-corrected chi connectivity index (χ1v) is 7.09. The van der Waals surface area contributed by atoms with E-state index in [4.69, 9.17) is 9.47 Å². The quantitative estimate of drug-likeness (QED) is 0.653. The van der Waals surface area contributed by atoms with Gasteiger partial charge in [0.15, 0.2) is 0 Å². The van der Waals surface area contributed by atoms with Gasteiger partial charge in [0.05, 0.1) is 25.9 Å². The van der Waals surface area contributed by atoms with Crippen molar-refractivity contribution in [3.05, 3.63) is 22.4 Å². The van der Waals surface area contributed by atoms with Gasteiger partial charge in [-0.15, -0.1) is 11.3 Å². The summed E-state index contributed by atoms with van der Waals surface area (Å²) >= 11 is 1.81. The normalized spacial score (nSPS) is 11.2. The van der Waals surface area contributed by atoms with Crippen molar-refractivity contribution in [2.75, 3.05) is 32.9 Å². The molecule has 0 bridgehead atoms. The first-order chi connectivity index (χ1) is 8.29. The lowest BCUT2D eigenvalue weighted by molar-refractivity contribution is 0.0204. The third-order valence-electron chi connectivity index (χ3n) is 2.23. The van der Waals surface area contributed by atoms with Crippen LogP contribution in [0, 0.1) is 0 Å². The van der Waals surface area contributed by atoms with Crippen molar-refractivity contribution in [3.63, 3.8) is 0 Å². The lowest BCUT2D eigenvalue weighted by Gasteiger charge is -2.08. The minimum absolute atomic E-state index is 0.294. The summed E-state index contributed by atoms with van der Waals surface area (Å²) in [4.78, 5) is 1.43. The maximum atomic E-state index is 5.44. The van der Waals surface area contributed by atoms with E-state index in [0.717, 1.165) is 26.1 Å². The zero-order valence-corrected chi connectivity index (χ0v) is 11.6. The second-order valence-corrected chi connectivity index (χ2v) is 5.14. The van der Waals surface area contributed by atoms with Crippen LogP contribution in [0.4, 0.5) is 0 Å². The van der Waals surface area contributed by atoms with Crippen LogP contribution in [-0.4, -0.2) is 39.0 Å². The van der Waals surface area contributed by atoms with Gasteiger partial charge in [-0.05, 0) is 31.7 Å². The van der Waals surface area contributed by atoms with Crippen LogP contribution < -0.4 is 5.32 Å². The van der Waals surface area contributed by atoms with E-state index in [-0.39, 0.29) is 0 Å². The molecule has 0 radical (unpaired) electrons. The lowest BCUT2D eigenvalue weighted by atomic mass is 10.3. The number of hydrogen-bond acceptors (Lipinski definition) is 4. The summed E-state index contributed by atoms with van der Waals surface area (Å²) in [7, 11) is 0. The summed E-state index contributed by atoms with van der Waals surface area (Å²) in [6.07, 6.45) is 1.40. The van der Waals surface area contributed by atoms with Crippen molar-refractivity contribution in [2.45, 2.75) is 26.4 Å². The average molecular weight is 257 g/mol. The third kappa shape index (κ3) is 8.32. The lowest BCUT2D eigenvalue weighted by Crippen LogP contribution is -2.23. The molecule has 1 heterocycles. The molecule has 0 aliphatic heterocycles. The highest BCUT2D eigenvalue weighted by molar-refractivity contribution is 7.09. The van der Waals surface area contributed by atoms with Crippen LogP contribution in [-0.2, 0) is 15.9 Å². The maximum Gasteiger partial charge on any atom is 0.0703 e. The van der Waals surface area contributed by atoms with E-state index in [1.807, 2.05) is 25.2 Å². The fourth-order valence-electron chi connectivity index (χ4n) is 1.38. The number of hydrogen-bond donors (Lipinski definition) is 1. The highest BCUT2D eigenvalue weighted by Crippen LogP contribution is 2.07. The molecule has 0 saturated carbocycles. The van der Waals surface area contributed by atoms with Crippen molar-refractivity contribution in [1.29, 1.82) is 0 Å². The van der Waals surface area contributed by atoms with E-state index >= 15 is 0 Å². The van der Waals surface area contributed by atoms with Crippen LogP contribution in [0.15, 0.2) is 17.5 Å². The topological polar surface area (TPSA) is 30.5 Å². The predicted octanol–water partition coefficient (Wildman–Crippen LogP) is 2.32. The van der Waals surface area contributed by atoms with Crippen molar-refractivity contribution in [3.8, 4) is 0 Å². The molecule has 17 heavy (non-hydrogen) atoms. The Hall–Kier alpha value is -0.420. The molecule has 0 fully saturated rings. The van der Waals surface area contributed by atoms with E-state index in [9.17, 15) is 0 Å². The molecule has 3 nitrogen and oxygen atoms in total. The summed E-state index contributed by atoms with van der Waals surface area (Å²) in [5.41, 5.74) is 0. The molecular weight excluding hydrogens is 234 g/mol. The van der Waals surface area contributed by atoms with E-state index in [1.165, 1.54) is 4.88 Å². The molecule has 1 aromatic rings. The smallest absolute Gasteiger partial charge is 0.0703 e. The number of thiophene rings is 1. The van der Waals surface area contributed by atoms with Gasteiger partial charge >= 0.3 is 0 Å². The summed E-state index contributed by atoms with van der Waals surface area (Å²) in [6, 6.07) is 4.27. The summed E-state index contributed by atoms with van der Waals surface area (Å²) in [5.74, 6) is 0. The fourth-order valence-corrected chi connectivity index (χ4v) is 2.09. The Kier molecular flexibility index (Phi) is 8.26. The average Bonchev–Trinajstić information content (AvgIpc) is 2.79. The predicted molar refractivity (Wildman–Crippen MR) is 72.8 cm³/mol. The second kappa shape index (κ2) is 9.59. The molecule has 0 aromatic carbocycles. The van der Waals surface area contributed by atoms with Gasteiger partial charge in [-0.25, -0.2) is 0 Å². The first kappa shape index (κ1) is 14.6.